The summed E-state index contributed by atoms with van der Waals surface area (Å²) in [4.78, 5) is 20.2. The molecule has 1 aromatic carbocycles. The first-order valence-electron chi connectivity index (χ1n) is 5.03. The first kappa shape index (κ1) is 12.2. The Bertz CT molecular complexity index is 570. The third kappa shape index (κ3) is 2.35. The molecule has 1 amide bonds. The van der Waals surface area contributed by atoms with Gasteiger partial charge in [0.2, 0.25) is 0 Å². The van der Waals surface area contributed by atoms with Crippen molar-refractivity contribution in [1.29, 1.82) is 0 Å². The summed E-state index contributed by atoms with van der Waals surface area (Å²) in [5.41, 5.74) is 0.404. The molecule has 1 heterocycles. The molecule has 0 bridgehead atoms. The van der Waals surface area contributed by atoms with Crippen LogP contribution in [0.4, 0.5) is 4.39 Å². The lowest BCUT2D eigenvalue weighted by molar-refractivity contribution is -0.0765. The van der Waals surface area contributed by atoms with Crippen molar-refractivity contribution in [3.63, 3.8) is 0 Å². The predicted molar refractivity (Wildman–Crippen MR) is 58.8 cm³/mol. The maximum atomic E-state index is 13.0. The van der Waals surface area contributed by atoms with Crippen LogP contribution in [0.3, 0.4) is 0 Å². The van der Waals surface area contributed by atoms with E-state index in [1.165, 1.54) is 32.4 Å². The van der Waals surface area contributed by atoms with Gasteiger partial charge in [0, 0.05) is 12.6 Å². The number of aromatic nitrogens is 2. The maximum absolute atomic E-state index is 13.0. The van der Waals surface area contributed by atoms with Gasteiger partial charge in [0.15, 0.2) is 0 Å². The van der Waals surface area contributed by atoms with Gasteiger partial charge in [0.25, 0.3) is 11.7 Å². The number of hydrogen-bond acceptors (Lipinski definition) is 5. The van der Waals surface area contributed by atoms with E-state index in [0.717, 1.165) is 5.06 Å². The van der Waals surface area contributed by atoms with Crippen LogP contribution in [0.2, 0.25) is 0 Å². The Morgan fingerprint density at radius 1 is 1.50 bits per heavy atom. The molecule has 0 unspecified atom stereocenters. The normalized spacial score (nSPS) is 10.4. The fraction of sp³-hybridized carbons (Fsp3) is 0.182. The van der Waals surface area contributed by atoms with E-state index in [4.69, 9.17) is 9.36 Å². The monoisotopic (exact) mass is 251 g/mol. The minimum absolute atomic E-state index is 0.0716. The molecule has 0 aliphatic carbocycles. The summed E-state index contributed by atoms with van der Waals surface area (Å²) >= 11 is 0. The molecule has 0 atom stereocenters. The Hall–Kier alpha value is -2.28. The van der Waals surface area contributed by atoms with Gasteiger partial charge in [-0.3, -0.25) is 9.63 Å². The Balaban J connectivity index is 2.28. The zero-order valence-corrected chi connectivity index (χ0v) is 9.75. The molecule has 0 saturated carbocycles. The van der Waals surface area contributed by atoms with Gasteiger partial charge in [0.05, 0.1) is 7.11 Å². The van der Waals surface area contributed by atoms with Crippen LogP contribution in [-0.4, -0.2) is 35.3 Å². The molecule has 18 heavy (non-hydrogen) atoms. The average molecular weight is 251 g/mol. The van der Waals surface area contributed by atoms with Gasteiger partial charge in [-0.15, -0.1) is 0 Å². The smallest absolute Gasteiger partial charge is 0.318 e. The highest BCUT2D eigenvalue weighted by atomic mass is 19.1. The minimum atomic E-state index is -0.552. The highest BCUT2D eigenvalue weighted by Gasteiger charge is 2.19. The van der Waals surface area contributed by atoms with Crippen LogP contribution >= 0.6 is 0 Å². The lowest BCUT2D eigenvalue weighted by atomic mass is 10.2. The summed E-state index contributed by atoms with van der Waals surface area (Å²) in [6, 6.07) is 5.65. The zero-order chi connectivity index (χ0) is 13.1. The van der Waals surface area contributed by atoms with E-state index in [1.807, 2.05) is 0 Å². The van der Waals surface area contributed by atoms with Crippen molar-refractivity contribution in [2.75, 3.05) is 14.2 Å². The fourth-order valence-electron chi connectivity index (χ4n) is 1.27. The van der Waals surface area contributed by atoms with Crippen LogP contribution in [0.5, 0.6) is 0 Å². The number of halogens is 1. The molecular weight excluding hydrogens is 241 g/mol. The summed E-state index contributed by atoms with van der Waals surface area (Å²) in [6.45, 7) is 0. The standard InChI is InChI=1S/C11H10FN3O3/c1-15(17-2)11(16)9-13-10(18-14-9)7-4-3-5-8(12)6-7/h3-6H,1-2H3. The first-order valence-corrected chi connectivity index (χ1v) is 5.03. The van der Waals surface area contributed by atoms with Crippen LogP contribution in [0.1, 0.15) is 10.6 Å². The van der Waals surface area contributed by atoms with Crippen LogP contribution in [-0.2, 0) is 4.84 Å². The first-order chi connectivity index (χ1) is 8.61. The SMILES string of the molecule is CON(C)C(=O)c1noc(-c2cccc(F)c2)n1. The van der Waals surface area contributed by atoms with Crippen molar-refractivity contribution in [3.05, 3.63) is 35.9 Å². The second-order valence-electron chi connectivity index (χ2n) is 3.42. The molecule has 0 spiro atoms. The van der Waals surface area contributed by atoms with E-state index in [2.05, 4.69) is 10.1 Å². The van der Waals surface area contributed by atoms with Crippen molar-refractivity contribution in [1.82, 2.24) is 15.2 Å². The third-order valence-corrected chi connectivity index (χ3v) is 2.25. The molecule has 0 N–H and O–H groups in total. The quantitative estimate of drug-likeness (QED) is 0.773. The number of hydrogen-bond donors (Lipinski definition) is 0. The molecule has 0 aliphatic heterocycles. The van der Waals surface area contributed by atoms with Crippen LogP contribution in [0, 0.1) is 5.82 Å². The molecule has 2 aromatic rings. The predicted octanol–water partition coefficient (Wildman–Crippen LogP) is 1.51. The van der Waals surface area contributed by atoms with Gasteiger partial charge in [-0.1, -0.05) is 11.2 Å². The summed E-state index contributed by atoms with van der Waals surface area (Å²) in [5.74, 6) is -1.06. The largest absolute Gasteiger partial charge is 0.333 e. The molecule has 0 radical (unpaired) electrons. The van der Waals surface area contributed by atoms with Gasteiger partial charge in [-0.05, 0) is 18.2 Å². The van der Waals surface area contributed by atoms with Gasteiger partial charge >= 0.3 is 5.91 Å². The molecule has 2 rings (SSSR count). The molecule has 1 aromatic heterocycles. The summed E-state index contributed by atoms with van der Waals surface area (Å²) in [5, 5.41) is 4.47. The van der Waals surface area contributed by atoms with Crippen LogP contribution in [0.15, 0.2) is 28.8 Å². The molecular formula is C11H10FN3O3. The molecule has 6 nitrogen and oxygen atoms in total. The topological polar surface area (TPSA) is 68.5 Å². The molecule has 7 heteroatoms. The zero-order valence-electron chi connectivity index (χ0n) is 9.75. The number of benzene rings is 1. The van der Waals surface area contributed by atoms with Crippen LogP contribution in [0.25, 0.3) is 11.5 Å². The Morgan fingerprint density at radius 2 is 2.28 bits per heavy atom. The Kier molecular flexibility index (Phi) is 3.33. The molecule has 0 saturated heterocycles. The summed E-state index contributed by atoms with van der Waals surface area (Å²) in [6.07, 6.45) is 0. The fourth-order valence-corrected chi connectivity index (χ4v) is 1.27. The van der Waals surface area contributed by atoms with Crippen molar-refractivity contribution in [2.24, 2.45) is 0 Å². The maximum Gasteiger partial charge on any atom is 0.318 e. The summed E-state index contributed by atoms with van der Waals surface area (Å²) < 4.78 is 17.9. The molecule has 0 aliphatic rings. The number of carbonyl (C=O) groups excluding carboxylic acids is 1. The van der Waals surface area contributed by atoms with Gasteiger partial charge in [0.1, 0.15) is 5.82 Å². The van der Waals surface area contributed by atoms with E-state index in [0.29, 0.717) is 5.56 Å². The van der Waals surface area contributed by atoms with E-state index >= 15 is 0 Å². The summed E-state index contributed by atoms with van der Waals surface area (Å²) in [7, 11) is 2.76. The number of nitrogens with zero attached hydrogens (tertiary/aromatic N) is 3. The second kappa shape index (κ2) is 4.92. The highest BCUT2D eigenvalue weighted by Crippen LogP contribution is 2.18. The minimum Gasteiger partial charge on any atom is -0.333 e. The van der Waals surface area contributed by atoms with Crippen molar-refractivity contribution < 1.29 is 18.5 Å². The number of amides is 1. The van der Waals surface area contributed by atoms with E-state index in [1.54, 1.807) is 6.07 Å². The number of hydroxylamine groups is 2. The van der Waals surface area contributed by atoms with Crippen molar-refractivity contribution in [3.8, 4) is 11.5 Å². The van der Waals surface area contributed by atoms with Crippen molar-refractivity contribution >= 4 is 5.91 Å². The Morgan fingerprint density at radius 3 is 2.94 bits per heavy atom. The average Bonchev–Trinajstić information content (AvgIpc) is 2.86. The number of rotatable bonds is 3. The molecule has 0 fully saturated rings. The van der Waals surface area contributed by atoms with Gasteiger partial charge in [-0.25, -0.2) is 9.45 Å². The van der Waals surface area contributed by atoms with E-state index < -0.39 is 11.7 Å². The second-order valence-corrected chi connectivity index (χ2v) is 3.42. The number of carbonyl (C=O) groups is 1. The lowest BCUT2D eigenvalue weighted by Crippen LogP contribution is -2.26. The van der Waals surface area contributed by atoms with E-state index in [-0.39, 0.29) is 11.7 Å². The van der Waals surface area contributed by atoms with Gasteiger partial charge in [-0.2, -0.15) is 4.98 Å². The highest BCUT2D eigenvalue weighted by molar-refractivity contribution is 5.89. The van der Waals surface area contributed by atoms with Gasteiger partial charge < -0.3 is 4.52 Å². The van der Waals surface area contributed by atoms with E-state index in [9.17, 15) is 9.18 Å². The Labute approximate surface area is 102 Å². The van der Waals surface area contributed by atoms with Crippen molar-refractivity contribution in [2.45, 2.75) is 0 Å². The lowest BCUT2D eigenvalue weighted by Gasteiger charge is -2.09. The van der Waals surface area contributed by atoms with Crippen LogP contribution < -0.4 is 0 Å². The third-order valence-electron chi connectivity index (χ3n) is 2.25. The molecule has 94 valence electrons.